The molecule has 154 valence electrons. The number of carbonyl (C=O) groups excluding carboxylic acids is 1. The minimum atomic E-state index is -1.27. The summed E-state index contributed by atoms with van der Waals surface area (Å²) in [5.41, 5.74) is 0.00291. The lowest BCUT2D eigenvalue weighted by molar-refractivity contribution is -0.384. The van der Waals surface area contributed by atoms with Gasteiger partial charge in [0.25, 0.3) is 5.69 Å². The highest BCUT2D eigenvalue weighted by molar-refractivity contribution is 5.80. The van der Waals surface area contributed by atoms with Gasteiger partial charge >= 0.3 is 12.1 Å². The summed E-state index contributed by atoms with van der Waals surface area (Å²) >= 11 is 0. The zero-order valence-electron chi connectivity index (χ0n) is 16.1. The number of amides is 1. The molecule has 0 saturated carbocycles. The largest absolute Gasteiger partial charge is 0.480 e. The number of hydrogen-bond acceptors (Lipinski definition) is 7. The Bertz CT molecular complexity index is 739. The van der Waals surface area contributed by atoms with E-state index in [-0.39, 0.29) is 12.1 Å². The minimum Gasteiger partial charge on any atom is -0.480 e. The number of carboxylic acids is 1. The summed E-state index contributed by atoms with van der Waals surface area (Å²) in [5, 5.41) is 23.2. The molecular formula is C18H25N3O7. The van der Waals surface area contributed by atoms with Crippen molar-refractivity contribution in [3.63, 3.8) is 0 Å². The number of rotatable bonds is 6. The van der Waals surface area contributed by atoms with E-state index in [2.05, 4.69) is 5.32 Å². The molecule has 1 atom stereocenters. The van der Waals surface area contributed by atoms with Crippen LogP contribution < -0.4 is 10.2 Å². The van der Waals surface area contributed by atoms with Gasteiger partial charge in [-0.15, -0.1) is 0 Å². The van der Waals surface area contributed by atoms with Gasteiger partial charge < -0.3 is 24.8 Å². The topological polar surface area (TPSA) is 131 Å². The molecule has 1 unspecified atom stereocenters. The monoisotopic (exact) mass is 395 g/mol. The standard InChI is InChI=1S/C18H25N3O7/c1-18(2,3)28-17(24)19-13(16(22)23)10-12-4-5-14(15(11-12)21(25)26)20-6-8-27-9-7-20/h4-5,11,13H,6-10H2,1-3H3,(H,19,24)(H,22,23). The number of benzene rings is 1. The van der Waals surface area contributed by atoms with Crippen LogP contribution in [0.5, 0.6) is 0 Å². The molecule has 1 aliphatic heterocycles. The van der Waals surface area contributed by atoms with Crippen molar-refractivity contribution in [1.82, 2.24) is 5.32 Å². The minimum absolute atomic E-state index is 0.110. The van der Waals surface area contributed by atoms with Crippen molar-refractivity contribution >= 4 is 23.4 Å². The Balaban J connectivity index is 2.18. The van der Waals surface area contributed by atoms with Crippen molar-refractivity contribution in [3.8, 4) is 0 Å². The van der Waals surface area contributed by atoms with Crippen LogP contribution in [0.25, 0.3) is 0 Å². The van der Waals surface area contributed by atoms with E-state index in [4.69, 9.17) is 9.47 Å². The average Bonchev–Trinajstić information content (AvgIpc) is 2.60. The van der Waals surface area contributed by atoms with Gasteiger partial charge in [0, 0.05) is 25.6 Å². The average molecular weight is 395 g/mol. The number of aliphatic carboxylic acids is 1. The second kappa shape index (κ2) is 8.87. The van der Waals surface area contributed by atoms with E-state index in [9.17, 15) is 24.8 Å². The van der Waals surface area contributed by atoms with Crippen molar-refractivity contribution < 1.29 is 29.1 Å². The number of carbonyl (C=O) groups is 2. The molecule has 0 bridgehead atoms. The number of nitrogens with zero attached hydrogens (tertiary/aromatic N) is 2. The molecule has 1 amide bonds. The number of morpholine rings is 1. The van der Waals surface area contributed by atoms with Gasteiger partial charge in [-0.3, -0.25) is 10.1 Å². The number of alkyl carbamates (subject to hydrolysis) is 1. The van der Waals surface area contributed by atoms with E-state index >= 15 is 0 Å². The number of ether oxygens (including phenoxy) is 2. The molecule has 1 saturated heterocycles. The smallest absolute Gasteiger partial charge is 0.408 e. The van der Waals surface area contributed by atoms with E-state index in [0.717, 1.165) is 0 Å². The third-order valence-electron chi connectivity index (χ3n) is 4.02. The number of nitrogens with one attached hydrogen (secondary N) is 1. The fraction of sp³-hybridized carbons (Fsp3) is 0.556. The first-order chi connectivity index (χ1) is 13.1. The molecule has 2 N–H and O–H groups in total. The van der Waals surface area contributed by atoms with Gasteiger partial charge in [-0.2, -0.15) is 0 Å². The Morgan fingerprint density at radius 2 is 2.00 bits per heavy atom. The summed E-state index contributed by atoms with van der Waals surface area (Å²) in [6.45, 7) is 7.04. The van der Waals surface area contributed by atoms with Crippen molar-refractivity contribution in [2.45, 2.75) is 38.8 Å². The summed E-state index contributed by atoms with van der Waals surface area (Å²) in [4.78, 5) is 36.3. The van der Waals surface area contributed by atoms with Crippen LogP contribution in [0.3, 0.4) is 0 Å². The molecule has 1 aromatic rings. The third-order valence-corrected chi connectivity index (χ3v) is 4.02. The van der Waals surface area contributed by atoms with Crippen molar-refractivity contribution in [2.24, 2.45) is 0 Å². The highest BCUT2D eigenvalue weighted by atomic mass is 16.6. The number of nitro groups is 1. The van der Waals surface area contributed by atoms with Gasteiger partial charge in [-0.1, -0.05) is 6.07 Å². The van der Waals surface area contributed by atoms with Crippen LogP contribution in [0.15, 0.2) is 18.2 Å². The zero-order chi connectivity index (χ0) is 20.9. The number of carboxylic acid groups (broad SMARTS) is 1. The predicted octanol–water partition coefficient (Wildman–Crippen LogP) is 1.95. The predicted molar refractivity (Wildman–Crippen MR) is 101 cm³/mol. The summed E-state index contributed by atoms with van der Waals surface area (Å²) in [7, 11) is 0. The fourth-order valence-corrected chi connectivity index (χ4v) is 2.80. The summed E-state index contributed by atoms with van der Waals surface area (Å²) in [6.07, 6.45) is -0.974. The van der Waals surface area contributed by atoms with Crippen LogP contribution >= 0.6 is 0 Å². The van der Waals surface area contributed by atoms with Crippen LogP contribution in [0.2, 0.25) is 0 Å². The van der Waals surface area contributed by atoms with Crippen LogP contribution in [0, 0.1) is 10.1 Å². The Morgan fingerprint density at radius 1 is 1.36 bits per heavy atom. The van der Waals surface area contributed by atoms with Crippen LogP contribution in [-0.4, -0.2) is 60.0 Å². The number of hydrogen-bond donors (Lipinski definition) is 2. The Hall–Kier alpha value is -2.88. The third kappa shape index (κ3) is 6.08. The first kappa shape index (κ1) is 21.4. The first-order valence-corrected chi connectivity index (χ1v) is 8.89. The Labute approximate surface area is 162 Å². The Kier molecular flexibility index (Phi) is 6.79. The molecular weight excluding hydrogens is 370 g/mol. The summed E-state index contributed by atoms with van der Waals surface area (Å²) < 4.78 is 10.3. The Morgan fingerprint density at radius 3 is 2.54 bits per heavy atom. The highest BCUT2D eigenvalue weighted by Gasteiger charge is 2.26. The normalized spacial score (nSPS) is 15.6. The van der Waals surface area contributed by atoms with Crippen LogP contribution in [-0.2, 0) is 20.7 Å². The molecule has 28 heavy (non-hydrogen) atoms. The second-order valence-corrected chi connectivity index (χ2v) is 7.42. The van der Waals surface area contributed by atoms with Crippen molar-refractivity contribution in [2.75, 3.05) is 31.2 Å². The van der Waals surface area contributed by atoms with Crippen molar-refractivity contribution in [3.05, 3.63) is 33.9 Å². The lowest BCUT2D eigenvalue weighted by Gasteiger charge is -2.28. The molecule has 1 aliphatic rings. The molecule has 0 spiro atoms. The maximum atomic E-state index is 11.9. The fourth-order valence-electron chi connectivity index (χ4n) is 2.80. The number of anilines is 1. The summed E-state index contributed by atoms with van der Waals surface area (Å²) in [5.74, 6) is -1.26. The molecule has 1 heterocycles. The van der Waals surface area contributed by atoms with Gasteiger partial charge in [0.05, 0.1) is 18.1 Å². The molecule has 0 radical (unpaired) electrons. The van der Waals surface area contributed by atoms with Gasteiger partial charge in [0.15, 0.2) is 0 Å². The van der Waals surface area contributed by atoms with E-state index in [1.807, 2.05) is 4.90 Å². The van der Waals surface area contributed by atoms with E-state index in [1.165, 1.54) is 6.07 Å². The quantitative estimate of drug-likeness (QED) is 0.552. The van der Waals surface area contributed by atoms with Gasteiger partial charge in [0.2, 0.25) is 0 Å². The van der Waals surface area contributed by atoms with Gasteiger partial charge in [-0.25, -0.2) is 9.59 Å². The molecule has 2 rings (SSSR count). The van der Waals surface area contributed by atoms with Crippen LogP contribution in [0.4, 0.5) is 16.2 Å². The molecule has 1 fully saturated rings. The maximum absolute atomic E-state index is 11.9. The lowest BCUT2D eigenvalue weighted by Crippen LogP contribution is -2.44. The van der Waals surface area contributed by atoms with Crippen molar-refractivity contribution in [1.29, 1.82) is 0 Å². The first-order valence-electron chi connectivity index (χ1n) is 8.89. The lowest BCUT2D eigenvalue weighted by atomic mass is 10.0. The maximum Gasteiger partial charge on any atom is 0.408 e. The second-order valence-electron chi connectivity index (χ2n) is 7.42. The SMILES string of the molecule is CC(C)(C)OC(=O)NC(Cc1ccc(N2CCOCC2)c([N+](=O)[O-])c1)C(=O)O. The van der Waals surface area contributed by atoms with Crippen LogP contribution in [0.1, 0.15) is 26.3 Å². The van der Waals surface area contributed by atoms with Gasteiger partial charge in [-0.05, 0) is 32.4 Å². The molecule has 1 aromatic carbocycles. The van der Waals surface area contributed by atoms with E-state index in [0.29, 0.717) is 37.6 Å². The molecule has 10 nitrogen and oxygen atoms in total. The zero-order valence-corrected chi connectivity index (χ0v) is 16.1. The molecule has 0 aliphatic carbocycles. The van der Waals surface area contributed by atoms with E-state index in [1.54, 1.807) is 32.9 Å². The summed E-state index contributed by atoms with van der Waals surface area (Å²) in [6, 6.07) is 3.30. The van der Waals surface area contributed by atoms with Gasteiger partial charge in [0.1, 0.15) is 17.3 Å². The molecule has 0 aromatic heterocycles. The van der Waals surface area contributed by atoms with E-state index < -0.39 is 28.6 Å². The molecule has 10 heteroatoms. The highest BCUT2D eigenvalue weighted by Crippen LogP contribution is 2.30. The number of nitro benzene ring substituents is 1.